The summed E-state index contributed by atoms with van der Waals surface area (Å²) < 4.78 is 2.19. The molecule has 3 nitrogen and oxygen atoms in total. The van der Waals surface area contributed by atoms with Gasteiger partial charge in [-0.1, -0.05) is 91.0 Å². The van der Waals surface area contributed by atoms with Gasteiger partial charge in [0.1, 0.15) is 5.65 Å². The Balaban J connectivity index is 1.37. The maximum atomic E-state index is 5.07. The molecule has 3 heteroatoms. The lowest BCUT2D eigenvalue weighted by atomic mass is 10.0. The number of pyridine rings is 1. The predicted molar refractivity (Wildman–Crippen MR) is 158 cm³/mol. The third kappa shape index (κ3) is 3.91. The number of rotatable bonds is 5. The van der Waals surface area contributed by atoms with Gasteiger partial charge in [0.05, 0.1) is 11.4 Å². The van der Waals surface area contributed by atoms with E-state index in [2.05, 4.69) is 155 Å². The Kier molecular flexibility index (Phi) is 5.45. The molecule has 0 unspecified atom stereocenters. The van der Waals surface area contributed by atoms with Crippen molar-refractivity contribution in [3.63, 3.8) is 0 Å². The molecule has 0 atom stereocenters. The molecule has 7 aromatic rings. The largest absolute Gasteiger partial charge is 0.311 e. The highest BCUT2D eigenvalue weighted by atomic mass is 15.1. The highest BCUT2D eigenvalue weighted by Crippen LogP contribution is 2.38. The monoisotopic (exact) mass is 487 g/mol. The van der Waals surface area contributed by atoms with E-state index < -0.39 is 0 Å². The molecule has 0 aliphatic carbocycles. The van der Waals surface area contributed by atoms with Crippen molar-refractivity contribution in [1.29, 1.82) is 0 Å². The molecule has 0 saturated carbocycles. The topological polar surface area (TPSA) is 20.5 Å². The number of imidazole rings is 1. The van der Waals surface area contributed by atoms with Gasteiger partial charge in [-0.25, -0.2) is 4.98 Å². The smallest absolute Gasteiger partial charge is 0.137 e. The summed E-state index contributed by atoms with van der Waals surface area (Å²) in [6, 6.07) is 51.0. The zero-order chi connectivity index (χ0) is 25.3. The van der Waals surface area contributed by atoms with Crippen molar-refractivity contribution in [1.82, 2.24) is 9.38 Å². The van der Waals surface area contributed by atoms with Crippen molar-refractivity contribution in [3.8, 4) is 22.5 Å². The first-order chi connectivity index (χ1) is 18.8. The molecule has 0 radical (unpaired) electrons. The summed E-state index contributed by atoms with van der Waals surface area (Å²) in [7, 11) is 0. The fourth-order valence-corrected chi connectivity index (χ4v) is 5.18. The molecule has 180 valence electrons. The van der Waals surface area contributed by atoms with Gasteiger partial charge in [-0.3, -0.25) is 4.40 Å². The molecule has 0 aliphatic rings. The first-order valence-corrected chi connectivity index (χ1v) is 12.8. The second-order valence-electron chi connectivity index (χ2n) is 9.35. The SMILES string of the molecule is c1ccc(N(c2ccccc2)c2ccc(-c3c(-c4ccc5ccccc5c4)nc4ccccn34)cc2)cc1. The zero-order valence-corrected chi connectivity index (χ0v) is 20.8. The molecular weight excluding hydrogens is 462 g/mol. The summed E-state index contributed by atoms with van der Waals surface area (Å²) in [6.45, 7) is 0. The molecule has 2 aromatic heterocycles. The Morgan fingerprint density at radius 3 is 1.76 bits per heavy atom. The summed E-state index contributed by atoms with van der Waals surface area (Å²) in [4.78, 5) is 7.35. The molecule has 0 N–H and O–H groups in total. The maximum Gasteiger partial charge on any atom is 0.137 e. The summed E-state index contributed by atoms with van der Waals surface area (Å²) in [5.41, 5.74) is 8.60. The van der Waals surface area contributed by atoms with E-state index in [4.69, 9.17) is 4.98 Å². The molecule has 0 bridgehead atoms. The average molecular weight is 488 g/mol. The number of nitrogens with zero attached hydrogens (tertiary/aromatic N) is 3. The second kappa shape index (κ2) is 9.38. The summed E-state index contributed by atoms with van der Waals surface area (Å²) in [5, 5.41) is 2.44. The van der Waals surface area contributed by atoms with E-state index in [1.54, 1.807) is 0 Å². The number of aromatic nitrogens is 2. The minimum absolute atomic E-state index is 0.935. The van der Waals surface area contributed by atoms with Crippen LogP contribution in [0.3, 0.4) is 0 Å². The van der Waals surface area contributed by atoms with Gasteiger partial charge in [0, 0.05) is 34.4 Å². The molecule has 5 aromatic carbocycles. The van der Waals surface area contributed by atoms with Gasteiger partial charge in [0.15, 0.2) is 0 Å². The fourth-order valence-electron chi connectivity index (χ4n) is 5.18. The number of benzene rings is 5. The van der Waals surface area contributed by atoms with Crippen LogP contribution < -0.4 is 4.90 Å². The van der Waals surface area contributed by atoms with Crippen LogP contribution in [-0.2, 0) is 0 Å². The third-order valence-corrected chi connectivity index (χ3v) is 6.98. The second-order valence-corrected chi connectivity index (χ2v) is 9.35. The summed E-state index contributed by atoms with van der Waals surface area (Å²) >= 11 is 0. The van der Waals surface area contributed by atoms with Crippen LogP contribution in [0.5, 0.6) is 0 Å². The van der Waals surface area contributed by atoms with Gasteiger partial charge in [-0.05, 0) is 65.4 Å². The highest BCUT2D eigenvalue weighted by molar-refractivity contribution is 5.91. The van der Waals surface area contributed by atoms with Crippen molar-refractivity contribution in [2.24, 2.45) is 0 Å². The number of hydrogen-bond donors (Lipinski definition) is 0. The number of para-hydroxylation sites is 2. The van der Waals surface area contributed by atoms with Gasteiger partial charge in [-0.15, -0.1) is 0 Å². The fraction of sp³-hybridized carbons (Fsp3) is 0. The lowest BCUT2D eigenvalue weighted by molar-refractivity contribution is 1.19. The van der Waals surface area contributed by atoms with Crippen molar-refractivity contribution >= 4 is 33.5 Å². The quantitative estimate of drug-likeness (QED) is 0.241. The van der Waals surface area contributed by atoms with Crippen molar-refractivity contribution in [2.75, 3.05) is 4.90 Å². The molecule has 2 heterocycles. The Bertz CT molecular complexity index is 1810. The lowest BCUT2D eigenvalue weighted by Gasteiger charge is -2.25. The molecule has 0 aliphatic heterocycles. The van der Waals surface area contributed by atoms with Gasteiger partial charge >= 0.3 is 0 Å². The van der Waals surface area contributed by atoms with Crippen LogP contribution in [0, 0.1) is 0 Å². The first kappa shape index (κ1) is 22.1. The molecule has 38 heavy (non-hydrogen) atoms. The Hall–Kier alpha value is -5.15. The summed E-state index contributed by atoms with van der Waals surface area (Å²) in [6.07, 6.45) is 2.09. The summed E-state index contributed by atoms with van der Waals surface area (Å²) in [5.74, 6) is 0. The molecule has 0 amide bonds. The molecule has 0 saturated heterocycles. The molecule has 0 spiro atoms. The maximum absolute atomic E-state index is 5.07. The van der Waals surface area contributed by atoms with Crippen molar-refractivity contribution in [3.05, 3.63) is 152 Å². The van der Waals surface area contributed by atoms with Gasteiger partial charge < -0.3 is 4.90 Å². The predicted octanol–water partition coefficient (Wildman–Crippen LogP) is 9.29. The zero-order valence-electron chi connectivity index (χ0n) is 20.8. The molecule has 0 fully saturated rings. The normalized spacial score (nSPS) is 11.2. The van der Waals surface area contributed by atoms with E-state index in [0.29, 0.717) is 0 Å². The Labute approximate surface area is 221 Å². The Morgan fingerprint density at radius 1 is 0.474 bits per heavy atom. The van der Waals surface area contributed by atoms with E-state index in [-0.39, 0.29) is 0 Å². The van der Waals surface area contributed by atoms with Crippen LogP contribution in [0.25, 0.3) is 38.9 Å². The average Bonchev–Trinajstić information content (AvgIpc) is 3.38. The van der Waals surface area contributed by atoms with E-state index in [0.717, 1.165) is 45.2 Å². The highest BCUT2D eigenvalue weighted by Gasteiger charge is 2.17. The van der Waals surface area contributed by atoms with Crippen LogP contribution in [0.4, 0.5) is 17.1 Å². The van der Waals surface area contributed by atoms with Crippen molar-refractivity contribution in [2.45, 2.75) is 0 Å². The van der Waals surface area contributed by atoms with Crippen LogP contribution in [-0.4, -0.2) is 9.38 Å². The van der Waals surface area contributed by atoms with E-state index in [9.17, 15) is 0 Å². The van der Waals surface area contributed by atoms with Crippen LogP contribution in [0.15, 0.2) is 152 Å². The standard InChI is InChI=1S/C35H25N3/c1-3-13-30(14-4-1)38(31-15-5-2-6-16-31)32-22-20-27(21-23-32)35-34(36-33-17-9-10-24-37(33)35)29-19-18-26-11-7-8-12-28(26)25-29/h1-25H. The third-order valence-electron chi connectivity index (χ3n) is 6.98. The first-order valence-electron chi connectivity index (χ1n) is 12.8. The Morgan fingerprint density at radius 2 is 1.05 bits per heavy atom. The van der Waals surface area contributed by atoms with E-state index in [1.165, 1.54) is 10.8 Å². The van der Waals surface area contributed by atoms with Gasteiger partial charge in [0.25, 0.3) is 0 Å². The van der Waals surface area contributed by atoms with Crippen LogP contribution in [0.1, 0.15) is 0 Å². The minimum Gasteiger partial charge on any atom is -0.311 e. The lowest BCUT2D eigenvalue weighted by Crippen LogP contribution is -2.09. The molecule has 7 rings (SSSR count). The molecular formula is C35H25N3. The van der Waals surface area contributed by atoms with E-state index >= 15 is 0 Å². The van der Waals surface area contributed by atoms with Crippen LogP contribution in [0.2, 0.25) is 0 Å². The van der Waals surface area contributed by atoms with Crippen molar-refractivity contribution < 1.29 is 0 Å². The number of fused-ring (bicyclic) bond motifs is 2. The van der Waals surface area contributed by atoms with Gasteiger partial charge in [0.2, 0.25) is 0 Å². The minimum atomic E-state index is 0.935. The number of anilines is 3. The number of hydrogen-bond acceptors (Lipinski definition) is 2. The van der Waals surface area contributed by atoms with Gasteiger partial charge in [-0.2, -0.15) is 0 Å². The van der Waals surface area contributed by atoms with E-state index in [1.807, 2.05) is 6.07 Å². The van der Waals surface area contributed by atoms with Crippen LogP contribution >= 0.6 is 0 Å².